The fourth-order valence-electron chi connectivity index (χ4n) is 4.53. The molecular weight excluding hydrogens is 384 g/mol. The van der Waals surface area contributed by atoms with Crippen molar-refractivity contribution in [3.8, 4) is 22.3 Å². The molecule has 0 saturated heterocycles. The summed E-state index contributed by atoms with van der Waals surface area (Å²) in [6.07, 6.45) is 4.67. The van der Waals surface area contributed by atoms with Crippen LogP contribution in [0.15, 0.2) is 48.5 Å². The first-order valence-electron chi connectivity index (χ1n) is 13.0. The number of rotatable bonds is 0. The van der Waals surface area contributed by atoms with Gasteiger partial charge in [0.25, 0.3) is 0 Å². The smallest absolute Gasteiger partial charge is 0.0146 e. The molecular formula is C32H46. The molecule has 0 amide bonds. The Bertz CT molecular complexity index is 894. The third-order valence-corrected chi connectivity index (χ3v) is 5.76. The van der Waals surface area contributed by atoms with Crippen molar-refractivity contribution < 1.29 is 0 Å². The molecule has 0 heteroatoms. The van der Waals surface area contributed by atoms with E-state index in [0.717, 1.165) is 0 Å². The van der Waals surface area contributed by atoms with Gasteiger partial charge in [0.2, 0.25) is 0 Å². The third-order valence-electron chi connectivity index (χ3n) is 5.76. The second-order valence-corrected chi connectivity index (χ2v) is 7.49. The van der Waals surface area contributed by atoms with Crippen molar-refractivity contribution in [2.45, 2.75) is 94.9 Å². The highest BCUT2D eigenvalue weighted by molar-refractivity contribution is 5.82. The molecule has 5 rings (SSSR count). The molecule has 3 aromatic rings. The van der Waals surface area contributed by atoms with Crippen LogP contribution in [0, 0.1) is 13.8 Å². The van der Waals surface area contributed by atoms with Crippen LogP contribution >= 0.6 is 0 Å². The summed E-state index contributed by atoms with van der Waals surface area (Å²) < 4.78 is 0. The van der Waals surface area contributed by atoms with Gasteiger partial charge in [0.1, 0.15) is 0 Å². The number of hydrogen-bond acceptors (Lipinski definition) is 0. The van der Waals surface area contributed by atoms with Crippen molar-refractivity contribution in [1.82, 2.24) is 0 Å². The van der Waals surface area contributed by atoms with E-state index in [2.05, 4.69) is 62.4 Å². The Morgan fingerprint density at radius 2 is 0.656 bits per heavy atom. The predicted octanol–water partition coefficient (Wildman–Crippen LogP) is 9.94. The molecule has 0 saturated carbocycles. The largest absolute Gasteiger partial charge is 0.0683 e. The third kappa shape index (κ3) is 5.91. The fourth-order valence-corrected chi connectivity index (χ4v) is 4.53. The zero-order chi connectivity index (χ0) is 24.3. The quantitative estimate of drug-likeness (QED) is 0.333. The first kappa shape index (κ1) is 27.7. The lowest BCUT2D eigenvalue weighted by atomic mass is 9.78. The lowest BCUT2D eigenvalue weighted by molar-refractivity contribution is 0.914. The minimum absolute atomic E-state index is 1.17. The minimum atomic E-state index is 1.17. The van der Waals surface area contributed by atoms with E-state index in [1.54, 1.807) is 0 Å². The van der Waals surface area contributed by atoms with Crippen molar-refractivity contribution in [1.29, 1.82) is 0 Å². The Morgan fingerprint density at radius 3 is 0.969 bits per heavy atom. The lowest BCUT2D eigenvalue weighted by Gasteiger charge is -2.26. The Labute approximate surface area is 199 Å². The van der Waals surface area contributed by atoms with Crippen molar-refractivity contribution in [2.24, 2.45) is 0 Å². The van der Waals surface area contributed by atoms with Gasteiger partial charge in [0, 0.05) is 0 Å². The summed E-state index contributed by atoms with van der Waals surface area (Å²) in [7, 11) is 0. The van der Waals surface area contributed by atoms with E-state index in [0.29, 0.717) is 0 Å². The highest BCUT2D eigenvalue weighted by atomic mass is 14.3. The van der Waals surface area contributed by atoms with Gasteiger partial charge in [-0.25, -0.2) is 0 Å². The van der Waals surface area contributed by atoms with Crippen LogP contribution in [0.5, 0.6) is 0 Å². The maximum atomic E-state index is 2.49. The SMILES string of the molecule is CC.CC.CC.CC.Cc1ccc2c(c1)CCc1cc3c(cc1-2)CCc1cc(C)ccc1-3. The van der Waals surface area contributed by atoms with Crippen LogP contribution in [0.1, 0.15) is 88.8 Å². The van der Waals surface area contributed by atoms with Crippen LogP contribution in [-0.2, 0) is 25.7 Å². The standard InChI is InChI=1S/C24H22.4C2H6/c1-15-3-9-21-17(11-15)5-7-19-14-24-20(13-23(19)21)8-6-18-12-16(2)4-10-22(18)24;4*1-2/h3-4,9-14H,5-8H2,1-2H3;4*1-2H3. The molecule has 0 fully saturated rings. The van der Waals surface area contributed by atoms with E-state index in [-0.39, 0.29) is 0 Å². The summed E-state index contributed by atoms with van der Waals surface area (Å²) in [5, 5.41) is 0. The Hall–Kier alpha value is -2.34. The zero-order valence-corrected chi connectivity index (χ0v) is 22.4. The molecule has 0 aromatic heterocycles. The Kier molecular flexibility index (Phi) is 12.1. The molecule has 0 atom stereocenters. The molecule has 2 aliphatic carbocycles. The highest BCUT2D eigenvalue weighted by Gasteiger charge is 2.22. The molecule has 0 bridgehead atoms. The van der Waals surface area contributed by atoms with Crippen molar-refractivity contribution in [3.05, 3.63) is 81.9 Å². The summed E-state index contributed by atoms with van der Waals surface area (Å²) in [6.45, 7) is 20.4. The van der Waals surface area contributed by atoms with Crippen molar-refractivity contribution in [3.63, 3.8) is 0 Å². The van der Waals surface area contributed by atoms with Gasteiger partial charge in [-0.15, -0.1) is 0 Å². The van der Waals surface area contributed by atoms with E-state index < -0.39 is 0 Å². The summed E-state index contributed by atoms with van der Waals surface area (Å²) in [6, 6.07) is 18.9. The van der Waals surface area contributed by atoms with Crippen LogP contribution in [-0.4, -0.2) is 0 Å². The maximum Gasteiger partial charge on any atom is -0.0146 e. The average molecular weight is 431 g/mol. The Balaban J connectivity index is 0.000000581. The molecule has 0 aliphatic heterocycles. The zero-order valence-electron chi connectivity index (χ0n) is 22.4. The van der Waals surface area contributed by atoms with E-state index in [1.165, 1.54) is 81.3 Å². The normalized spacial score (nSPS) is 11.6. The van der Waals surface area contributed by atoms with Crippen molar-refractivity contribution >= 4 is 0 Å². The molecule has 0 heterocycles. The molecule has 0 unspecified atom stereocenters. The van der Waals surface area contributed by atoms with Gasteiger partial charge in [-0.2, -0.15) is 0 Å². The second kappa shape index (κ2) is 13.9. The minimum Gasteiger partial charge on any atom is -0.0683 e. The molecule has 0 nitrogen and oxygen atoms in total. The van der Waals surface area contributed by atoms with Crippen LogP contribution in [0.4, 0.5) is 0 Å². The number of aryl methyl sites for hydroxylation is 6. The van der Waals surface area contributed by atoms with Crippen LogP contribution in [0.25, 0.3) is 22.3 Å². The number of hydrogen-bond donors (Lipinski definition) is 0. The lowest BCUT2D eigenvalue weighted by Crippen LogP contribution is -2.09. The summed E-state index contributed by atoms with van der Waals surface area (Å²) in [5.74, 6) is 0. The van der Waals surface area contributed by atoms with Gasteiger partial charge in [-0.1, -0.05) is 115 Å². The molecule has 174 valence electrons. The van der Waals surface area contributed by atoms with E-state index in [9.17, 15) is 0 Å². The first-order valence-corrected chi connectivity index (χ1v) is 13.0. The van der Waals surface area contributed by atoms with E-state index >= 15 is 0 Å². The van der Waals surface area contributed by atoms with E-state index in [1.807, 2.05) is 55.4 Å². The molecule has 2 aliphatic rings. The van der Waals surface area contributed by atoms with Gasteiger partial charge in [-0.3, -0.25) is 0 Å². The van der Waals surface area contributed by atoms with Crippen LogP contribution in [0.3, 0.4) is 0 Å². The van der Waals surface area contributed by atoms with Gasteiger partial charge < -0.3 is 0 Å². The average Bonchev–Trinajstić information content (AvgIpc) is 2.87. The highest BCUT2D eigenvalue weighted by Crippen LogP contribution is 2.41. The molecule has 32 heavy (non-hydrogen) atoms. The van der Waals surface area contributed by atoms with Gasteiger partial charge >= 0.3 is 0 Å². The number of benzene rings is 3. The fraction of sp³-hybridized carbons (Fsp3) is 0.438. The van der Waals surface area contributed by atoms with Crippen molar-refractivity contribution in [2.75, 3.05) is 0 Å². The van der Waals surface area contributed by atoms with Crippen LogP contribution in [0.2, 0.25) is 0 Å². The van der Waals surface area contributed by atoms with Gasteiger partial charge in [0.05, 0.1) is 0 Å². The molecule has 3 aromatic carbocycles. The first-order chi connectivity index (χ1) is 15.7. The molecule has 0 N–H and O–H groups in total. The van der Waals surface area contributed by atoms with Gasteiger partial charge in [-0.05, 0) is 84.0 Å². The number of fused-ring (bicyclic) bond motifs is 6. The van der Waals surface area contributed by atoms with Gasteiger partial charge in [0.15, 0.2) is 0 Å². The maximum absolute atomic E-state index is 2.49. The predicted molar refractivity (Wildman–Crippen MR) is 147 cm³/mol. The van der Waals surface area contributed by atoms with E-state index in [4.69, 9.17) is 0 Å². The second-order valence-electron chi connectivity index (χ2n) is 7.49. The Morgan fingerprint density at radius 1 is 0.375 bits per heavy atom. The topological polar surface area (TPSA) is 0 Å². The summed E-state index contributed by atoms with van der Waals surface area (Å²) in [4.78, 5) is 0. The van der Waals surface area contributed by atoms with Crippen LogP contribution < -0.4 is 0 Å². The monoisotopic (exact) mass is 430 g/mol. The molecule has 0 spiro atoms. The summed E-state index contributed by atoms with van der Waals surface area (Å²) in [5.41, 5.74) is 14.7. The summed E-state index contributed by atoms with van der Waals surface area (Å²) >= 11 is 0. The molecule has 0 radical (unpaired) electrons.